The second-order valence-electron chi connectivity index (χ2n) is 6.40. The van der Waals surface area contributed by atoms with E-state index in [0.717, 1.165) is 32.1 Å². The van der Waals surface area contributed by atoms with Gasteiger partial charge in [-0.15, -0.1) is 0 Å². The van der Waals surface area contributed by atoms with Gasteiger partial charge in [-0.25, -0.2) is 8.42 Å². The topological polar surface area (TPSA) is 77.4 Å². The Bertz CT molecular complexity index is 347. The fraction of sp³-hybridized carbons (Fsp3) is 1.00. The first-order chi connectivity index (χ1) is 10.4. The molecule has 2 unspecified atom stereocenters. The van der Waals surface area contributed by atoms with Gasteiger partial charge in [0.2, 0.25) is 0 Å². The first-order valence-corrected chi connectivity index (χ1v) is 10.5. The van der Waals surface area contributed by atoms with Crippen LogP contribution in [0.1, 0.15) is 97.3 Å². The van der Waals surface area contributed by atoms with Crippen LogP contribution in [0, 0.1) is 0 Å². The predicted molar refractivity (Wildman–Crippen MR) is 90.9 cm³/mol. The Kier molecular flexibility index (Phi) is 18.5. The molecule has 4 nitrogen and oxygen atoms in total. The van der Waals surface area contributed by atoms with Crippen LogP contribution < -0.4 is 29.6 Å². The summed E-state index contributed by atoms with van der Waals surface area (Å²) in [5, 5.41) is 8.97. The van der Waals surface area contributed by atoms with E-state index in [1.165, 1.54) is 25.7 Å². The zero-order chi connectivity index (χ0) is 16.8. The molecule has 0 aliphatic heterocycles. The maximum atomic E-state index is 11.3. The largest absolute Gasteiger partial charge is 1.00 e. The van der Waals surface area contributed by atoms with E-state index in [-0.39, 0.29) is 29.6 Å². The quantitative estimate of drug-likeness (QED) is 0.272. The van der Waals surface area contributed by atoms with Crippen LogP contribution in [0.15, 0.2) is 0 Å². The van der Waals surface area contributed by atoms with Gasteiger partial charge in [0.1, 0.15) is 0 Å². The molecule has 0 radical (unpaired) electrons. The van der Waals surface area contributed by atoms with Crippen LogP contribution in [0.4, 0.5) is 0 Å². The summed E-state index contributed by atoms with van der Waals surface area (Å²) in [7, 11) is -4.24. The van der Waals surface area contributed by atoms with Crippen molar-refractivity contribution < 1.29 is 47.6 Å². The van der Waals surface area contributed by atoms with Gasteiger partial charge in [0.15, 0.2) is 0 Å². The normalized spacial score (nSPS) is 14.3. The van der Waals surface area contributed by atoms with Crippen molar-refractivity contribution in [3.05, 3.63) is 0 Å². The number of aliphatic hydroxyl groups excluding tert-OH is 1. The molecule has 0 saturated carbocycles. The van der Waals surface area contributed by atoms with Crippen molar-refractivity contribution >= 4 is 10.1 Å². The third-order valence-electron chi connectivity index (χ3n) is 4.25. The molecule has 0 heterocycles. The Labute approximate surface area is 165 Å². The summed E-state index contributed by atoms with van der Waals surface area (Å²) in [6.07, 6.45) is 11.1. The van der Waals surface area contributed by atoms with E-state index >= 15 is 0 Å². The molecule has 0 aromatic heterocycles. The Morgan fingerprint density at radius 1 is 0.783 bits per heavy atom. The zero-order valence-electron chi connectivity index (χ0n) is 15.4. The minimum Gasteiger partial charge on any atom is -0.748 e. The van der Waals surface area contributed by atoms with Crippen molar-refractivity contribution in [2.45, 2.75) is 109 Å². The average molecular weight is 359 g/mol. The van der Waals surface area contributed by atoms with Gasteiger partial charge in [-0.3, -0.25) is 0 Å². The van der Waals surface area contributed by atoms with Crippen LogP contribution in [0.3, 0.4) is 0 Å². The summed E-state index contributed by atoms with van der Waals surface area (Å²) in [5.74, 6) is 0. The van der Waals surface area contributed by atoms with Crippen molar-refractivity contribution in [2.24, 2.45) is 0 Å². The van der Waals surface area contributed by atoms with Crippen LogP contribution in [0.2, 0.25) is 0 Å². The molecule has 0 bridgehead atoms. The Balaban J connectivity index is 0. The second-order valence-corrected chi connectivity index (χ2v) is 8.05. The van der Waals surface area contributed by atoms with E-state index in [9.17, 15) is 18.1 Å². The second kappa shape index (κ2) is 16.3. The third-order valence-corrected chi connectivity index (χ3v) is 5.54. The summed E-state index contributed by atoms with van der Waals surface area (Å²) in [6, 6.07) is 0. The first-order valence-electron chi connectivity index (χ1n) is 9.04. The van der Waals surface area contributed by atoms with Crippen LogP contribution >= 0.6 is 0 Å². The molecule has 1 N–H and O–H groups in total. The Morgan fingerprint density at radius 3 is 1.83 bits per heavy atom. The molecule has 0 aliphatic carbocycles. The smallest absolute Gasteiger partial charge is 0.748 e. The predicted octanol–water partition coefficient (Wildman–Crippen LogP) is 1.38. The Morgan fingerprint density at radius 2 is 1.30 bits per heavy atom. The molecule has 134 valence electrons. The number of rotatable bonds is 15. The van der Waals surface area contributed by atoms with Crippen molar-refractivity contribution in [3.8, 4) is 0 Å². The van der Waals surface area contributed by atoms with Crippen molar-refractivity contribution in [2.75, 3.05) is 0 Å². The SMILES string of the molecule is CCCCCCCCCC(CCC(O)CCCC)S(=O)(=O)[O-].[Na+]. The molecule has 0 aromatic carbocycles. The van der Waals surface area contributed by atoms with Gasteiger partial charge >= 0.3 is 29.6 Å². The number of hydrogen-bond donors (Lipinski definition) is 1. The fourth-order valence-corrected chi connectivity index (χ4v) is 3.60. The maximum Gasteiger partial charge on any atom is 1.00 e. The van der Waals surface area contributed by atoms with Crippen LogP contribution in [0.25, 0.3) is 0 Å². The van der Waals surface area contributed by atoms with Crippen LogP contribution in [0.5, 0.6) is 0 Å². The molecule has 0 aromatic rings. The van der Waals surface area contributed by atoms with Gasteiger partial charge in [-0.2, -0.15) is 0 Å². The summed E-state index contributed by atoms with van der Waals surface area (Å²) < 4.78 is 34.0. The third kappa shape index (κ3) is 16.1. The Hall–Kier alpha value is 0.870. The minimum absolute atomic E-state index is 0. The van der Waals surface area contributed by atoms with Crippen LogP contribution in [-0.2, 0) is 10.1 Å². The van der Waals surface area contributed by atoms with E-state index < -0.39 is 21.5 Å². The average Bonchev–Trinajstić information content (AvgIpc) is 2.45. The van der Waals surface area contributed by atoms with Gasteiger partial charge in [-0.1, -0.05) is 71.6 Å². The van der Waals surface area contributed by atoms with Crippen molar-refractivity contribution in [3.63, 3.8) is 0 Å². The summed E-state index contributed by atoms with van der Waals surface area (Å²) >= 11 is 0. The first kappa shape index (κ1) is 26.1. The van der Waals surface area contributed by atoms with Crippen LogP contribution in [-0.4, -0.2) is 29.4 Å². The number of unbranched alkanes of at least 4 members (excludes halogenated alkanes) is 7. The number of hydrogen-bond acceptors (Lipinski definition) is 4. The van der Waals surface area contributed by atoms with Gasteiger partial charge in [0, 0.05) is 5.25 Å². The monoisotopic (exact) mass is 358 g/mol. The van der Waals surface area contributed by atoms with Gasteiger partial charge in [0.25, 0.3) is 0 Å². The molecule has 6 heteroatoms. The van der Waals surface area contributed by atoms with E-state index in [0.29, 0.717) is 25.7 Å². The van der Waals surface area contributed by atoms with E-state index in [2.05, 4.69) is 13.8 Å². The molecule has 0 amide bonds. The van der Waals surface area contributed by atoms with E-state index in [1.54, 1.807) is 0 Å². The fourth-order valence-electron chi connectivity index (χ4n) is 2.72. The molecule has 23 heavy (non-hydrogen) atoms. The van der Waals surface area contributed by atoms with Gasteiger partial charge < -0.3 is 9.66 Å². The standard InChI is InChI=1S/C17H36O4S.Na/c1-3-5-7-8-9-10-11-13-17(22(19,20)21)15-14-16(18)12-6-4-2;/h16-18H,3-15H2,1-2H3,(H,19,20,21);/q;+1/p-1. The molecule has 0 spiro atoms. The van der Waals surface area contributed by atoms with Gasteiger partial charge in [0.05, 0.1) is 16.2 Å². The summed E-state index contributed by atoms with van der Waals surface area (Å²) in [6.45, 7) is 4.23. The molecular formula is C17H35NaO4S. The summed E-state index contributed by atoms with van der Waals surface area (Å²) in [4.78, 5) is 0. The molecular weight excluding hydrogens is 323 g/mol. The molecule has 0 fully saturated rings. The molecule has 0 saturated heterocycles. The molecule has 2 atom stereocenters. The number of aliphatic hydroxyl groups is 1. The maximum absolute atomic E-state index is 11.3. The zero-order valence-corrected chi connectivity index (χ0v) is 18.2. The summed E-state index contributed by atoms with van der Waals surface area (Å²) in [5.41, 5.74) is 0. The van der Waals surface area contributed by atoms with Crippen molar-refractivity contribution in [1.29, 1.82) is 0 Å². The van der Waals surface area contributed by atoms with E-state index in [1.807, 2.05) is 0 Å². The van der Waals surface area contributed by atoms with E-state index in [4.69, 9.17) is 0 Å². The molecule has 0 aliphatic rings. The molecule has 0 rings (SSSR count). The minimum atomic E-state index is -4.24. The van der Waals surface area contributed by atoms with Crippen molar-refractivity contribution in [1.82, 2.24) is 0 Å². The van der Waals surface area contributed by atoms with Gasteiger partial charge in [-0.05, 0) is 25.7 Å².